The lowest BCUT2D eigenvalue weighted by Gasteiger charge is -2.22. The first-order valence-electron chi connectivity index (χ1n) is 10.4. The molecular formula is C24H20F3N3O5. The number of benzene rings is 2. The molecule has 1 aliphatic heterocycles. The zero-order valence-electron chi connectivity index (χ0n) is 18.4. The summed E-state index contributed by atoms with van der Waals surface area (Å²) in [6, 6.07) is 13.9. The number of rotatable bonds is 7. The molecule has 4 rings (SSSR count). The van der Waals surface area contributed by atoms with Crippen LogP contribution in [0.1, 0.15) is 34.2 Å². The maximum absolute atomic E-state index is 13.2. The molecule has 2 heterocycles. The molecule has 11 heteroatoms. The van der Waals surface area contributed by atoms with Crippen LogP contribution in [0.5, 0.6) is 5.75 Å². The predicted molar refractivity (Wildman–Crippen MR) is 116 cm³/mol. The van der Waals surface area contributed by atoms with Crippen LogP contribution in [0.3, 0.4) is 0 Å². The summed E-state index contributed by atoms with van der Waals surface area (Å²) in [4.78, 5) is 39.2. The van der Waals surface area contributed by atoms with E-state index in [-0.39, 0.29) is 19.0 Å². The largest absolute Gasteiger partial charge is 0.573 e. The molecule has 3 aromatic rings. The summed E-state index contributed by atoms with van der Waals surface area (Å²) in [6.07, 6.45) is -3.34. The molecule has 1 fully saturated rings. The number of carbonyl (C=O) groups excluding carboxylic acids is 3. The summed E-state index contributed by atoms with van der Waals surface area (Å²) in [7, 11) is 0. The van der Waals surface area contributed by atoms with E-state index in [0.717, 1.165) is 17.0 Å². The Labute approximate surface area is 197 Å². The van der Waals surface area contributed by atoms with Crippen LogP contribution < -0.4 is 15.4 Å². The third-order valence-electron chi connectivity index (χ3n) is 5.47. The number of nitrogens with zero attached hydrogens (tertiary/aromatic N) is 1. The van der Waals surface area contributed by atoms with Gasteiger partial charge in [-0.15, -0.1) is 13.2 Å². The molecule has 1 saturated heterocycles. The van der Waals surface area contributed by atoms with E-state index >= 15 is 0 Å². The first-order valence-corrected chi connectivity index (χ1v) is 10.4. The van der Waals surface area contributed by atoms with Crippen LogP contribution in [0.15, 0.2) is 71.3 Å². The molecule has 0 radical (unpaired) electrons. The third kappa shape index (κ3) is 5.29. The molecule has 0 spiro atoms. The van der Waals surface area contributed by atoms with Crippen molar-refractivity contribution in [1.29, 1.82) is 0 Å². The average molecular weight is 487 g/mol. The van der Waals surface area contributed by atoms with Crippen molar-refractivity contribution in [3.05, 3.63) is 89.4 Å². The monoisotopic (exact) mass is 487 g/mol. The van der Waals surface area contributed by atoms with E-state index in [4.69, 9.17) is 4.42 Å². The van der Waals surface area contributed by atoms with Crippen LogP contribution in [-0.4, -0.2) is 29.1 Å². The fraction of sp³-hybridized carbons (Fsp3) is 0.208. The van der Waals surface area contributed by atoms with Gasteiger partial charge in [-0.25, -0.2) is 4.79 Å². The number of hydrogen-bond acceptors (Lipinski definition) is 5. The van der Waals surface area contributed by atoms with Crippen molar-refractivity contribution in [1.82, 2.24) is 15.5 Å². The maximum Gasteiger partial charge on any atom is 0.573 e. The van der Waals surface area contributed by atoms with Crippen LogP contribution in [0.2, 0.25) is 0 Å². The van der Waals surface area contributed by atoms with Crippen LogP contribution in [0.25, 0.3) is 0 Å². The van der Waals surface area contributed by atoms with Crippen molar-refractivity contribution >= 4 is 17.8 Å². The second-order valence-electron chi connectivity index (χ2n) is 7.98. The number of amides is 4. The maximum atomic E-state index is 13.2. The zero-order valence-corrected chi connectivity index (χ0v) is 18.4. The molecule has 1 aliphatic rings. The number of alkyl halides is 3. The predicted octanol–water partition coefficient (Wildman–Crippen LogP) is 4.08. The fourth-order valence-corrected chi connectivity index (χ4v) is 3.70. The van der Waals surface area contributed by atoms with Gasteiger partial charge in [-0.3, -0.25) is 14.5 Å². The Hall–Kier alpha value is -4.28. The molecule has 4 amide bonds. The van der Waals surface area contributed by atoms with Crippen molar-refractivity contribution in [2.24, 2.45) is 0 Å². The van der Waals surface area contributed by atoms with Crippen LogP contribution in [0, 0.1) is 0 Å². The summed E-state index contributed by atoms with van der Waals surface area (Å²) < 4.78 is 46.2. The minimum atomic E-state index is -4.84. The van der Waals surface area contributed by atoms with Gasteiger partial charge in [0.2, 0.25) is 0 Å². The summed E-state index contributed by atoms with van der Waals surface area (Å²) >= 11 is 0. The van der Waals surface area contributed by atoms with E-state index < -0.39 is 29.6 Å². The second kappa shape index (κ2) is 9.16. The van der Waals surface area contributed by atoms with Crippen molar-refractivity contribution in [3.63, 3.8) is 0 Å². The van der Waals surface area contributed by atoms with Crippen LogP contribution in [-0.2, 0) is 23.4 Å². The van der Waals surface area contributed by atoms with Gasteiger partial charge in [0.25, 0.3) is 11.8 Å². The van der Waals surface area contributed by atoms with Crippen LogP contribution >= 0.6 is 0 Å². The van der Waals surface area contributed by atoms with Crippen molar-refractivity contribution in [3.8, 4) is 5.75 Å². The van der Waals surface area contributed by atoms with Gasteiger partial charge in [-0.1, -0.05) is 24.3 Å². The van der Waals surface area contributed by atoms with Crippen molar-refractivity contribution in [2.75, 3.05) is 0 Å². The zero-order chi connectivity index (χ0) is 25.2. The molecule has 35 heavy (non-hydrogen) atoms. The number of halogens is 3. The lowest BCUT2D eigenvalue weighted by atomic mass is 9.92. The first-order chi connectivity index (χ1) is 16.5. The lowest BCUT2D eigenvalue weighted by molar-refractivity contribution is -0.274. The normalized spacial score (nSPS) is 17.9. The Morgan fingerprint density at radius 3 is 2.51 bits per heavy atom. The number of furan rings is 1. The van der Waals surface area contributed by atoms with Gasteiger partial charge in [0.1, 0.15) is 17.0 Å². The van der Waals surface area contributed by atoms with E-state index in [1.807, 2.05) is 0 Å². The Bertz CT molecular complexity index is 1240. The number of nitrogens with one attached hydrogen (secondary N) is 2. The SMILES string of the molecule is CC1(c2ccc(OC(F)(F)F)cc2)NC(=O)N(Cc2cccc(C(=O)NCc3ccco3)c2)C1=O. The average Bonchev–Trinajstić information content (AvgIpc) is 3.40. The summed E-state index contributed by atoms with van der Waals surface area (Å²) in [5, 5.41) is 5.31. The number of hydrogen-bond donors (Lipinski definition) is 2. The van der Waals surface area contributed by atoms with E-state index in [2.05, 4.69) is 15.4 Å². The number of carbonyl (C=O) groups is 3. The lowest BCUT2D eigenvalue weighted by Crippen LogP contribution is -2.40. The van der Waals surface area contributed by atoms with Crippen molar-refractivity contribution < 1.29 is 36.7 Å². The first kappa shape index (κ1) is 23.9. The van der Waals surface area contributed by atoms with Gasteiger partial charge in [0, 0.05) is 5.56 Å². The Kier molecular flexibility index (Phi) is 6.25. The van der Waals surface area contributed by atoms with Gasteiger partial charge in [-0.2, -0.15) is 0 Å². The molecule has 182 valence electrons. The van der Waals surface area contributed by atoms with Gasteiger partial charge < -0.3 is 19.8 Å². The summed E-state index contributed by atoms with van der Waals surface area (Å²) in [5.74, 6) is -0.794. The Balaban J connectivity index is 1.46. The second-order valence-corrected chi connectivity index (χ2v) is 7.98. The molecule has 0 aliphatic carbocycles. The molecule has 1 aromatic heterocycles. The Morgan fingerprint density at radius 1 is 1.11 bits per heavy atom. The van der Waals surface area contributed by atoms with Gasteiger partial charge in [0.15, 0.2) is 0 Å². The molecular weight excluding hydrogens is 467 g/mol. The number of ether oxygens (including phenoxy) is 1. The van der Waals surface area contributed by atoms with Crippen LogP contribution in [0.4, 0.5) is 18.0 Å². The quantitative estimate of drug-likeness (QED) is 0.490. The van der Waals surface area contributed by atoms with E-state index in [0.29, 0.717) is 22.5 Å². The van der Waals surface area contributed by atoms with Crippen molar-refractivity contribution in [2.45, 2.75) is 31.9 Å². The van der Waals surface area contributed by atoms with Gasteiger partial charge >= 0.3 is 12.4 Å². The van der Waals surface area contributed by atoms with Gasteiger partial charge in [0.05, 0.1) is 19.4 Å². The molecule has 1 atom stereocenters. The smallest absolute Gasteiger partial charge is 0.467 e. The number of imide groups is 1. The molecule has 1 unspecified atom stereocenters. The minimum Gasteiger partial charge on any atom is -0.467 e. The molecule has 0 bridgehead atoms. The third-order valence-corrected chi connectivity index (χ3v) is 5.47. The molecule has 2 aromatic carbocycles. The highest BCUT2D eigenvalue weighted by Crippen LogP contribution is 2.32. The number of urea groups is 1. The van der Waals surface area contributed by atoms with Gasteiger partial charge in [-0.05, 0) is 54.4 Å². The highest BCUT2D eigenvalue weighted by atomic mass is 19.4. The highest BCUT2D eigenvalue weighted by molar-refractivity contribution is 6.07. The minimum absolute atomic E-state index is 0.102. The molecule has 2 N–H and O–H groups in total. The summed E-state index contributed by atoms with van der Waals surface area (Å²) in [5.41, 5.74) is -0.313. The standard InChI is InChI=1S/C24H20F3N3O5/c1-23(17-7-9-18(10-8-17)35-24(25,26)27)21(32)30(22(33)29-23)14-15-4-2-5-16(12-15)20(31)28-13-19-6-3-11-34-19/h2-12H,13-14H2,1H3,(H,28,31)(H,29,33). The molecule has 8 nitrogen and oxygen atoms in total. The summed E-state index contributed by atoms with van der Waals surface area (Å²) in [6.45, 7) is 1.56. The molecule has 0 saturated carbocycles. The van der Waals surface area contributed by atoms with E-state index in [9.17, 15) is 27.6 Å². The highest BCUT2D eigenvalue weighted by Gasteiger charge is 2.49. The van der Waals surface area contributed by atoms with E-state index in [1.54, 1.807) is 36.4 Å². The Morgan fingerprint density at radius 2 is 1.86 bits per heavy atom. The topological polar surface area (TPSA) is 101 Å². The van der Waals surface area contributed by atoms with E-state index in [1.165, 1.54) is 25.3 Å². The fourth-order valence-electron chi connectivity index (χ4n) is 3.70.